The highest BCUT2D eigenvalue weighted by atomic mass is 35.5. The second-order valence-corrected chi connectivity index (χ2v) is 8.63. The molecule has 1 aromatic heterocycles. The molecular weight excluding hydrogens is 474 g/mol. The van der Waals surface area contributed by atoms with Gasteiger partial charge in [-0.3, -0.25) is 14.9 Å². The molecule has 7 nitrogen and oxygen atoms in total. The number of halogens is 1. The number of nitro benzene ring substituents is 1. The molecule has 0 atom stereocenters. The molecule has 0 unspecified atom stereocenters. The van der Waals surface area contributed by atoms with Gasteiger partial charge in [-0.15, -0.1) is 11.8 Å². The van der Waals surface area contributed by atoms with Crippen LogP contribution in [0.3, 0.4) is 0 Å². The molecule has 0 fully saturated rings. The third-order valence-corrected chi connectivity index (χ3v) is 6.12. The van der Waals surface area contributed by atoms with E-state index in [9.17, 15) is 14.9 Å². The van der Waals surface area contributed by atoms with E-state index in [1.807, 2.05) is 36.4 Å². The number of thioether (sulfide) groups is 1. The van der Waals surface area contributed by atoms with Crippen LogP contribution in [0, 0.1) is 10.1 Å². The summed E-state index contributed by atoms with van der Waals surface area (Å²) in [5.41, 5.74) is 4.76. The van der Waals surface area contributed by atoms with Crippen molar-refractivity contribution in [2.75, 3.05) is 0 Å². The van der Waals surface area contributed by atoms with Crippen molar-refractivity contribution in [1.82, 2.24) is 5.43 Å². The van der Waals surface area contributed by atoms with E-state index in [0.717, 1.165) is 16.2 Å². The monoisotopic (exact) mass is 491 g/mol. The van der Waals surface area contributed by atoms with Gasteiger partial charge in [0.05, 0.1) is 11.1 Å². The predicted octanol–water partition coefficient (Wildman–Crippen LogP) is 6.56. The number of benzene rings is 3. The lowest BCUT2D eigenvalue weighted by atomic mass is 10.1. The quantitative estimate of drug-likeness (QED) is 0.130. The third kappa shape index (κ3) is 6.12. The first-order chi connectivity index (χ1) is 16.5. The van der Waals surface area contributed by atoms with Crippen LogP contribution in [0.25, 0.3) is 11.3 Å². The summed E-state index contributed by atoms with van der Waals surface area (Å²) >= 11 is 7.59. The molecule has 4 rings (SSSR count). The molecule has 0 bridgehead atoms. The SMILES string of the molecule is O=C(N/N=C/c1ccc(-c2ccc([N+](=O)[O-])cc2)o1)c1ccc(CSc2ccc(Cl)cc2)cc1. The van der Waals surface area contributed by atoms with Gasteiger partial charge in [0.25, 0.3) is 11.6 Å². The fourth-order valence-corrected chi connectivity index (χ4v) is 3.97. The predicted molar refractivity (Wildman–Crippen MR) is 133 cm³/mol. The van der Waals surface area contributed by atoms with Crippen LogP contribution < -0.4 is 5.43 Å². The van der Waals surface area contributed by atoms with Crippen molar-refractivity contribution >= 4 is 41.2 Å². The van der Waals surface area contributed by atoms with E-state index in [1.54, 1.807) is 48.2 Å². The Morgan fingerprint density at radius 3 is 2.38 bits per heavy atom. The van der Waals surface area contributed by atoms with E-state index < -0.39 is 4.92 Å². The average Bonchev–Trinajstić information content (AvgIpc) is 3.33. The van der Waals surface area contributed by atoms with Crippen molar-refractivity contribution in [3.8, 4) is 11.3 Å². The number of nitro groups is 1. The standard InChI is InChI=1S/C25H18ClN3O4S/c26-20-7-12-23(13-8-20)34-16-17-1-3-19(4-2-17)25(30)28-27-15-22-11-14-24(33-22)18-5-9-21(10-6-18)29(31)32/h1-15H,16H2,(H,28,30)/b27-15+. The molecule has 0 saturated heterocycles. The Morgan fingerprint density at radius 2 is 1.71 bits per heavy atom. The maximum atomic E-state index is 12.3. The van der Waals surface area contributed by atoms with Gasteiger partial charge in [-0.1, -0.05) is 23.7 Å². The van der Waals surface area contributed by atoms with Crippen LogP contribution in [-0.4, -0.2) is 17.0 Å². The summed E-state index contributed by atoms with van der Waals surface area (Å²) in [4.78, 5) is 23.8. The molecule has 4 aromatic rings. The molecule has 1 amide bonds. The number of rotatable bonds is 8. The van der Waals surface area contributed by atoms with Crippen LogP contribution in [0.1, 0.15) is 21.7 Å². The minimum atomic E-state index is -0.458. The Bertz CT molecular complexity index is 1320. The molecule has 9 heteroatoms. The molecule has 3 aromatic carbocycles. The number of hydrogen-bond acceptors (Lipinski definition) is 6. The highest BCUT2D eigenvalue weighted by molar-refractivity contribution is 7.98. The minimum absolute atomic E-state index is 0.00754. The molecule has 0 aliphatic rings. The normalized spacial score (nSPS) is 11.0. The van der Waals surface area contributed by atoms with Crippen LogP contribution in [-0.2, 0) is 5.75 Å². The Hall–Kier alpha value is -3.88. The van der Waals surface area contributed by atoms with Crippen LogP contribution >= 0.6 is 23.4 Å². The van der Waals surface area contributed by atoms with E-state index in [-0.39, 0.29) is 11.6 Å². The number of furan rings is 1. The van der Waals surface area contributed by atoms with Crippen LogP contribution in [0.15, 0.2) is 99.3 Å². The Morgan fingerprint density at radius 1 is 1.00 bits per heavy atom. The molecule has 1 N–H and O–H groups in total. The lowest BCUT2D eigenvalue weighted by Gasteiger charge is -2.04. The zero-order valence-electron chi connectivity index (χ0n) is 17.7. The van der Waals surface area contributed by atoms with Gasteiger partial charge in [0.2, 0.25) is 0 Å². The fourth-order valence-electron chi connectivity index (χ4n) is 2.99. The van der Waals surface area contributed by atoms with Crippen LogP contribution in [0.2, 0.25) is 5.02 Å². The smallest absolute Gasteiger partial charge is 0.271 e. The largest absolute Gasteiger partial charge is 0.455 e. The maximum Gasteiger partial charge on any atom is 0.271 e. The Kier molecular flexibility index (Phi) is 7.41. The molecule has 0 saturated carbocycles. The molecule has 0 spiro atoms. The summed E-state index contributed by atoms with van der Waals surface area (Å²) in [5, 5.41) is 15.4. The number of nitrogens with zero attached hydrogens (tertiary/aromatic N) is 2. The van der Waals surface area contributed by atoms with Gasteiger partial charge >= 0.3 is 0 Å². The third-order valence-electron chi connectivity index (χ3n) is 4.78. The number of non-ortho nitro benzene ring substituents is 1. The van der Waals surface area contributed by atoms with E-state index in [0.29, 0.717) is 27.7 Å². The van der Waals surface area contributed by atoms with E-state index in [2.05, 4.69) is 10.5 Å². The average molecular weight is 492 g/mol. The highest BCUT2D eigenvalue weighted by Gasteiger charge is 2.08. The van der Waals surface area contributed by atoms with E-state index in [1.165, 1.54) is 18.3 Å². The number of hydrazone groups is 1. The molecule has 0 radical (unpaired) electrons. The first kappa shape index (κ1) is 23.3. The van der Waals surface area contributed by atoms with Gasteiger partial charge in [0, 0.05) is 38.9 Å². The first-order valence-corrected chi connectivity index (χ1v) is 11.5. The molecule has 170 valence electrons. The van der Waals surface area contributed by atoms with Crippen molar-refractivity contribution in [2.45, 2.75) is 10.6 Å². The van der Waals surface area contributed by atoms with Gasteiger partial charge in [0.15, 0.2) is 0 Å². The zero-order valence-corrected chi connectivity index (χ0v) is 19.3. The number of nitrogens with one attached hydrogen (secondary N) is 1. The number of hydrogen-bond donors (Lipinski definition) is 1. The van der Waals surface area contributed by atoms with Crippen molar-refractivity contribution in [3.63, 3.8) is 0 Å². The fraction of sp³-hybridized carbons (Fsp3) is 0.0400. The summed E-state index contributed by atoms with van der Waals surface area (Å²) in [5.74, 6) is 1.41. The Balaban J connectivity index is 1.29. The van der Waals surface area contributed by atoms with Crippen LogP contribution in [0.5, 0.6) is 0 Å². The summed E-state index contributed by atoms with van der Waals surface area (Å²) in [6, 6.07) is 24.4. The zero-order chi connectivity index (χ0) is 23.9. The molecule has 0 aliphatic heterocycles. The van der Waals surface area contributed by atoms with E-state index in [4.69, 9.17) is 16.0 Å². The van der Waals surface area contributed by atoms with Crippen molar-refractivity contribution in [2.24, 2.45) is 5.10 Å². The number of amides is 1. The lowest BCUT2D eigenvalue weighted by molar-refractivity contribution is -0.384. The lowest BCUT2D eigenvalue weighted by Crippen LogP contribution is -2.17. The highest BCUT2D eigenvalue weighted by Crippen LogP contribution is 2.25. The van der Waals surface area contributed by atoms with Gasteiger partial charge in [-0.25, -0.2) is 5.43 Å². The van der Waals surface area contributed by atoms with Gasteiger partial charge in [0.1, 0.15) is 11.5 Å². The summed E-state index contributed by atoms with van der Waals surface area (Å²) in [6.45, 7) is 0. The van der Waals surface area contributed by atoms with Gasteiger partial charge < -0.3 is 4.42 Å². The van der Waals surface area contributed by atoms with E-state index >= 15 is 0 Å². The van der Waals surface area contributed by atoms with Gasteiger partial charge in [-0.2, -0.15) is 5.10 Å². The summed E-state index contributed by atoms with van der Waals surface area (Å²) in [6.07, 6.45) is 1.39. The Labute approximate surface area is 204 Å². The minimum Gasteiger partial charge on any atom is -0.455 e. The van der Waals surface area contributed by atoms with Crippen molar-refractivity contribution in [3.05, 3.63) is 117 Å². The molecule has 1 heterocycles. The second kappa shape index (κ2) is 10.8. The molecular formula is C25H18ClN3O4S. The van der Waals surface area contributed by atoms with Gasteiger partial charge in [-0.05, 0) is 66.2 Å². The topological polar surface area (TPSA) is 97.7 Å². The van der Waals surface area contributed by atoms with Crippen LogP contribution in [0.4, 0.5) is 5.69 Å². The summed E-state index contributed by atoms with van der Waals surface area (Å²) in [7, 11) is 0. The van der Waals surface area contributed by atoms with Crippen molar-refractivity contribution in [1.29, 1.82) is 0 Å². The molecule has 34 heavy (non-hydrogen) atoms. The number of carbonyl (C=O) groups excluding carboxylic acids is 1. The van der Waals surface area contributed by atoms with Crippen molar-refractivity contribution < 1.29 is 14.1 Å². The number of carbonyl (C=O) groups is 1. The first-order valence-electron chi connectivity index (χ1n) is 10.1. The maximum absolute atomic E-state index is 12.3. The molecule has 0 aliphatic carbocycles. The summed E-state index contributed by atoms with van der Waals surface area (Å²) < 4.78 is 5.66. The second-order valence-electron chi connectivity index (χ2n) is 7.14.